The van der Waals surface area contributed by atoms with Crippen LogP contribution in [0.1, 0.15) is 50.5 Å². The van der Waals surface area contributed by atoms with E-state index in [-0.39, 0.29) is 17.7 Å². The van der Waals surface area contributed by atoms with Gasteiger partial charge in [-0.25, -0.2) is 0 Å². The molecule has 114 valence electrons. The molecule has 4 heteroatoms. The summed E-state index contributed by atoms with van der Waals surface area (Å²) in [6, 6.07) is 10.00. The average molecular weight is 289 g/mol. The number of hydrogen-bond donors (Lipinski definition) is 2. The van der Waals surface area contributed by atoms with Gasteiger partial charge in [-0.2, -0.15) is 0 Å². The van der Waals surface area contributed by atoms with Crippen LogP contribution in [0.25, 0.3) is 0 Å². The molecule has 0 aromatic heterocycles. The largest absolute Gasteiger partial charge is 0.481 e. The van der Waals surface area contributed by atoms with Gasteiger partial charge in [0.05, 0.1) is 5.41 Å². The number of benzene rings is 1. The Balaban J connectivity index is 1.78. The summed E-state index contributed by atoms with van der Waals surface area (Å²) < 4.78 is 0. The van der Waals surface area contributed by atoms with Crippen molar-refractivity contribution in [1.82, 2.24) is 5.32 Å². The molecule has 1 aliphatic carbocycles. The monoisotopic (exact) mass is 289 g/mol. The number of carbonyl (C=O) groups is 2. The SMILES string of the molecule is O=C(O)CCCCCNC(=O)C1(c2ccccc2)CCC1. The number of hydrogen-bond acceptors (Lipinski definition) is 2. The fourth-order valence-electron chi connectivity index (χ4n) is 2.88. The molecule has 0 aliphatic heterocycles. The molecule has 0 saturated heterocycles. The van der Waals surface area contributed by atoms with Crippen molar-refractivity contribution in [3.8, 4) is 0 Å². The minimum Gasteiger partial charge on any atom is -0.481 e. The molecule has 4 nitrogen and oxygen atoms in total. The van der Waals surface area contributed by atoms with E-state index in [1.165, 1.54) is 0 Å². The molecule has 1 aromatic rings. The van der Waals surface area contributed by atoms with Gasteiger partial charge in [0.1, 0.15) is 0 Å². The second-order valence-electron chi connectivity index (χ2n) is 5.76. The predicted molar refractivity (Wildman–Crippen MR) is 81.1 cm³/mol. The molecule has 1 aromatic carbocycles. The fraction of sp³-hybridized carbons (Fsp3) is 0.529. The molecular weight excluding hydrogens is 266 g/mol. The van der Waals surface area contributed by atoms with Crippen LogP contribution < -0.4 is 5.32 Å². The van der Waals surface area contributed by atoms with E-state index in [1.807, 2.05) is 30.3 Å². The molecule has 2 N–H and O–H groups in total. The van der Waals surface area contributed by atoms with Crippen molar-refractivity contribution < 1.29 is 14.7 Å². The first kappa shape index (κ1) is 15.5. The minimum absolute atomic E-state index is 0.123. The first-order valence-electron chi connectivity index (χ1n) is 7.71. The Kier molecular flexibility index (Phi) is 5.37. The lowest BCUT2D eigenvalue weighted by molar-refractivity contribution is -0.137. The summed E-state index contributed by atoms with van der Waals surface area (Å²) in [6.45, 7) is 0.632. The number of rotatable bonds is 8. The maximum atomic E-state index is 12.5. The van der Waals surface area contributed by atoms with E-state index in [1.54, 1.807) is 0 Å². The number of carboxylic acids is 1. The van der Waals surface area contributed by atoms with Gasteiger partial charge in [-0.1, -0.05) is 43.2 Å². The van der Waals surface area contributed by atoms with Gasteiger partial charge >= 0.3 is 5.97 Å². The predicted octanol–water partition coefficient (Wildman–Crippen LogP) is 2.87. The second kappa shape index (κ2) is 7.25. The highest BCUT2D eigenvalue weighted by molar-refractivity contribution is 5.89. The van der Waals surface area contributed by atoms with Gasteiger partial charge in [-0.15, -0.1) is 0 Å². The maximum absolute atomic E-state index is 12.5. The molecule has 1 aliphatic rings. The number of nitrogens with one attached hydrogen (secondary N) is 1. The molecule has 1 amide bonds. The van der Waals surface area contributed by atoms with Crippen LogP contribution in [0, 0.1) is 0 Å². The van der Waals surface area contributed by atoms with Crippen LogP contribution >= 0.6 is 0 Å². The Morgan fingerprint density at radius 3 is 2.38 bits per heavy atom. The third-order valence-electron chi connectivity index (χ3n) is 4.32. The number of aliphatic carboxylic acids is 1. The number of unbranched alkanes of at least 4 members (excludes halogenated alkanes) is 2. The lowest BCUT2D eigenvalue weighted by Crippen LogP contribution is -2.49. The summed E-state index contributed by atoms with van der Waals surface area (Å²) in [6.07, 6.45) is 5.50. The van der Waals surface area contributed by atoms with E-state index in [9.17, 15) is 9.59 Å². The molecular formula is C17H23NO3. The molecule has 0 bridgehead atoms. The molecule has 21 heavy (non-hydrogen) atoms. The van der Waals surface area contributed by atoms with Crippen LogP contribution in [0.3, 0.4) is 0 Å². The zero-order chi connectivity index (χ0) is 15.1. The first-order chi connectivity index (χ1) is 10.1. The van der Waals surface area contributed by atoms with E-state index in [0.717, 1.165) is 37.7 Å². The van der Waals surface area contributed by atoms with Crippen molar-refractivity contribution in [1.29, 1.82) is 0 Å². The van der Waals surface area contributed by atoms with Crippen LogP contribution in [0.5, 0.6) is 0 Å². The van der Waals surface area contributed by atoms with Crippen molar-refractivity contribution in [3.63, 3.8) is 0 Å². The standard InChI is InChI=1S/C17H23NO3/c19-15(20)10-5-2-6-13-18-16(21)17(11-7-12-17)14-8-3-1-4-9-14/h1,3-4,8-9H,2,5-7,10-13H2,(H,18,21)(H,19,20). The third kappa shape index (κ3) is 3.84. The van der Waals surface area contributed by atoms with E-state index < -0.39 is 5.97 Å². The zero-order valence-corrected chi connectivity index (χ0v) is 12.3. The van der Waals surface area contributed by atoms with E-state index in [0.29, 0.717) is 13.0 Å². The molecule has 0 unspecified atom stereocenters. The molecule has 0 heterocycles. The van der Waals surface area contributed by atoms with Crippen LogP contribution in [0.4, 0.5) is 0 Å². The van der Waals surface area contributed by atoms with Gasteiger partial charge in [-0.3, -0.25) is 9.59 Å². The molecule has 0 radical (unpaired) electrons. The average Bonchev–Trinajstić information content (AvgIpc) is 2.42. The van der Waals surface area contributed by atoms with Crippen LogP contribution in [0.15, 0.2) is 30.3 Å². The molecule has 0 atom stereocenters. The number of carboxylic acid groups (broad SMARTS) is 1. The van der Waals surface area contributed by atoms with E-state index in [2.05, 4.69) is 5.32 Å². The summed E-state index contributed by atoms with van der Waals surface area (Å²) >= 11 is 0. The van der Waals surface area contributed by atoms with E-state index in [4.69, 9.17) is 5.11 Å². The Morgan fingerprint density at radius 1 is 1.10 bits per heavy atom. The normalized spacial score (nSPS) is 16.0. The Bertz CT molecular complexity index is 480. The highest BCUT2D eigenvalue weighted by atomic mass is 16.4. The third-order valence-corrected chi connectivity index (χ3v) is 4.32. The highest BCUT2D eigenvalue weighted by Crippen LogP contribution is 2.43. The first-order valence-corrected chi connectivity index (χ1v) is 7.71. The summed E-state index contributed by atoms with van der Waals surface area (Å²) in [5.41, 5.74) is 0.780. The van der Waals surface area contributed by atoms with Gasteiger partial charge in [0.2, 0.25) is 5.91 Å². The Hall–Kier alpha value is -1.84. The molecule has 0 spiro atoms. The smallest absolute Gasteiger partial charge is 0.303 e. The summed E-state index contributed by atoms with van der Waals surface area (Å²) in [4.78, 5) is 22.9. The van der Waals surface area contributed by atoms with Crippen molar-refractivity contribution in [3.05, 3.63) is 35.9 Å². The van der Waals surface area contributed by atoms with Crippen LogP contribution in [0.2, 0.25) is 0 Å². The number of amides is 1. The fourth-order valence-corrected chi connectivity index (χ4v) is 2.88. The van der Waals surface area contributed by atoms with Crippen LogP contribution in [-0.2, 0) is 15.0 Å². The second-order valence-corrected chi connectivity index (χ2v) is 5.76. The Labute approximate surface area is 125 Å². The summed E-state index contributed by atoms with van der Waals surface area (Å²) in [5.74, 6) is -0.630. The van der Waals surface area contributed by atoms with Gasteiger partial charge in [0, 0.05) is 13.0 Å². The zero-order valence-electron chi connectivity index (χ0n) is 12.3. The van der Waals surface area contributed by atoms with Crippen molar-refractivity contribution in [2.24, 2.45) is 0 Å². The molecule has 2 rings (SSSR count). The number of carbonyl (C=O) groups excluding carboxylic acids is 1. The topological polar surface area (TPSA) is 66.4 Å². The molecule has 1 fully saturated rings. The minimum atomic E-state index is -0.753. The van der Waals surface area contributed by atoms with Crippen molar-refractivity contribution in [2.75, 3.05) is 6.54 Å². The lowest BCUT2D eigenvalue weighted by Gasteiger charge is -2.40. The van der Waals surface area contributed by atoms with Crippen molar-refractivity contribution >= 4 is 11.9 Å². The highest BCUT2D eigenvalue weighted by Gasteiger charge is 2.45. The van der Waals surface area contributed by atoms with Gasteiger partial charge in [-0.05, 0) is 31.2 Å². The lowest BCUT2D eigenvalue weighted by atomic mass is 9.64. The quantitative estimate of drug-likeness (QED) is 0.723. The summed E-state index contributed by atoms with van der Waals surface area (Å²) in [5, 5.41) is 11.6. The van der Waals surface area contributed by atoms with Crippen LogP contribution in [-0.4, -0.2) is 23.5 Å². The van der Waals surface area contributed by atoms with Crippen molar-refractivity contribution in [2.45, 2.75) is 50.4 Å². The Morgan fingerprint density at radius 2 is 1.81 bits per heavy atom. The van der Waals surface area contributed by atoms with Gasteiger partial charge < -0.3 is 10.4 Å². The molecule has 1 saturated carbocycles. The summed E-state index contributed by atoms with van der Waals surface area (Å²) in [7, 11) is 0. The van der Waals surface area contributed by atoms with E-state index >= 15 is 0 Å². The van der Waals surface area contributed by atoms with Gasteiger partial charge in [0.15, 0.2) is 0 Å². The van der Waals surface area contributed by atoms with Gasteiger partial charge in [0.25, 0.3) is 0 Å². The maximum Gasteiger partial charge on any atom is 0.303 e.